The zero-order valence-electron chi connectivity index (χ0n) is 10.2. The van der Waals surface area contributed by atoms with E-state index in [0.29, 0.717) is 0 Å². The number of hydrogen-bond donors (Lipinski definition) is 1. The van der Waals surface area contributed by atoms with Gasteiger partial charge in [-0.3, -0.25) is 4.79 Å². The van der Waals surface area contributed by atoms with E-state index in [1.165, 1.54) is 43.4 Å². The zero-order valence-corrected chi connectivity index (χ0v) is 14.2. The Bertz CT molecular complexity index is 394. The van der Waals surface area contributed by atoms with Crippen molar-refractivity contribution >= 4 is 49.1 Å². The second-order valence-corrected chi connectivity index (χ2v) is 8.01. The summed E-state index contributed by atoms with van der Waals surface area (Å²) in [7, 11) is 0. The highest BCUT2D eigenvalue weighted by Crippen LogP contribution is 2.32. The van der Waals surface area contributed by atoms with Crippen molar-refractivity contribution in [3.05, 3.63) is 19.2 Å². The zero-order chi connectivity index (χ0) is 13.0. The quantitative estimate of drug-likeness (QED) is 0.701. The van der Waals surface area contributed by atoms with Gasteiger partial charge in [0.25, 0.3) is 5.91 Å². The van der Waals surface area contributed by atoms with Crippen LogP contribution in [0.25, 0.3) is 0 Å². The number of nitrogens with one attached hydrogen (secondary N) is 1. The van der Waals surface area contributed by atoms with E-state index >= 15 is 0 Å². The van der Waals surface area contributed by atoms with Gasteiger partial charge in [0.2, 0.25) is 0 Å². The average molecular weight is 395 g/mol. The van der Waals surface area contributed by atoms with Gasteiger partial charge in [-0.2, -0.15) is 0 Å². The van der Waals surface area contributed by atoms with E-state index in [0.717, 1.165) is 32.0 Å². The Kier molecular flexibility index (Phi) is 5.70. The first kappa shape index (κ1) is 14.5. The summed E-state index contributed by atoms with van der Waals surface area (Å²) < 4.78 is 1.92. The van der Waals surface area contributed by atoms with Crippen molar-refractivity contribution in [3.63, 3.8) is 0 Å². The van der Waals surface area contributed by atoms with E-state index in [1.54, 1.807) is 0 Å². The maximum Gasteiger partial charge on any atom is 0.261 e. The summed E-state index contributed by atoms with van der Waals surface area (Å²) in [6.07, 6.45) is 7.93. The second-order valence-electron chi connectivity index (χ2n) is 4.78. The molecule has 0 saturated heterocycles. The molecule has 1 fully saturated rings. The van der Waals surface area contributed by atoms with E-state index in [1.807, 2.05) is 6.07 Å². The number of hydrogen-bond acceptors (Lipinski definition) is 2. The van der Waals surface area contributed by atoms with Crippen LogP contribution in [0.4, 0.5) is 0 Å². The van der Waals surface area contributed by atoms with Crippen LogP contribution in [-0.2, 0) is 0 Å². The Hall–Kier alpha value is 0.130. The van der Waals surface area contributed by atoms with Crippen LogP contribution in [0.15, 0.2) is 14.3 Å². The SMILES string of the molecule is O=C(NCCCC1CCCC1)c1cc(Br)c(Br)s1. The second kappa shape index (κ2) is 7.06. The fourth-order valence-electron chi connectivity index (χ4n) is 2.44. The maximum atomic E-state index is 11.9. The van der Waals surface area contributed by atoms with Crippen molar-refractivity contribution < 1.29 is 4.79 Å². The normalized spacial score (nSPS) is 16.1. The van der Waals surface area contributed by atoms with Crippen molar-refractivity contribution in [1.82, 2.24) is 5.32 Å². The van der Waals surface area contributed by atoms with Crippen LogP contribution in [0.2, 0.25) is 0 Å². The summed E-state index contributed by atoms with van der Waals surface area (Å²) >= 11 is 8.26. The lowest BCUT2D eigenvalue weighted by Gasteiger charge is -2.08. The molecule has 2 rings (SSSR count). The fourth-order valence-corrected chi connectivity index (χ4v) is 4.39. The molecule has 1 aromatic rings. The Morgan fingerprint density at radius 2 is 2.11 bits per heavy atom. The molecule has 0 atom stereocenters. The number of carbonyl (C=O) groups is 1. The maximum absolute atomic E-state index is 11.9. The van der Waals surface area contributed by atoms with Gasteiger partial charge in [0.1, 0.15) is 0 Å². The third kappa shape index (κ3) is 4.07. The molecular weight excluding hydrogens is 378 g/mol. The first-order valence-electron chi connectivity index (χ1n) is 6.40. The summed E-state index contributed by atoms with van der Waals surface area (Å²) in [4.78, 5) is 12.6. The van der Waals surface area contributed by atoms with E-state index in [2.05, 4.69) is 37.2 Å². The molecule has 1 amide bonds. The first-order chi connectivity index (χ1) is 8.66. The molecule has 1 saturated carbocycles. The summed E-state index contributed by atoms with van der Waals surface area (Å²) in [6.45, 7) is 0.794. The predicted octanol–water partition coefficient (Wildman–Crippen LogP) is 4.97. The van der Waals surface area contributed by atoms with Crippen LogP contribution >= 0.6 is 43.2 Å². The van der Waals surface area contributed by atoms with E-state index in [-0.39, 0.29) is 5.91 Å². The summed E-state index contributed by atoms with van der Waals surface area (Å²) in [5, 5.41) is 2.99. The van der Waals surface area contributed by atoms with Gasteiger partial charge in [0, 0.05) is 11.0 Å². The molecule has 1 heterocycles. The molecule has 5 heteroatoms. The van der Waals surface area contributed by atoms with Gasteiger partial charge in [-0.25, -0.2) is 0 Å². The molecule has 1 aliphatic carbocycles. The topological polar surface area (TPSA) is 29.1 Å². The number of thiophene rings is 1. The molecule has 1 aromatic heterocycles. The number of halogens is 2. The standard InChI is InChI=1S/C13H17Br2NOS/c14-10-8-11(18-12(10)15)13(17)16-7-3-6-9-4-1-2-5-9/h8-9H,1-7H2,(H,16,17). The molecule has 1 aliphatic rings. The molecule has 100 valence electrons. The predicted molar refractivity (Wildman–Crippen MR) is 83.2 cm³/mol. The van der Waals surface area contributed by atoms with Crippen LogP contribution in [0, 0.1) is 5.92 Å². The molecular formula is C13H17Br2NOS. The van der Waals surface area contributed by atoms with Gasteiger partial charge >= 0.3 is 0 Å². The van der Waals surface area contributed by atoms with Gasteiger partial charge in [0.05, 0.1) is 8.66 Å². The van der Waals surface area contributed by atoms with Crippen molar-refractivity contribution in [2.24, 2.45) is 5.92 Å². The Morgan fingerprint density at radius 3 is 2.72 bits per heavy atom. The van der Waals surface area contributed by atoms with Gasteiger partial charge < -0.3 is 5.32 Å². The smallest absolute Gasteiger partial charge is 0.261 e. The summed E-state index contributed by atoms with van der Waals surface area (Å²) in [5.74, 6) is 0.949. The number of amides is 1. The molecule has 18 heavy (non-hydrogen) atoms. The monoisotopic (exact) mass is 393 g/mol. The van der Waals surface area contributed by atoms with Crippen molar-refractivity contribution in [2.45, 2.75) is 38.5 Å². The van der Waals surface area contributed by atoms with Crippen molar-refractivity contribution in [2.75, 3.05) is 6.54 Å². The summed E-state index contributed by atoms with van der Waals surface area (Å²) in [5.41, 5.74) is 0. The van der Waals surface area contributed by atoms with Gasteiger partial charge in [0.15, 0.2) is 0 Å². The van der Waals surface area contributed by atoms with Crippen molar-refractivity contribution in [3.8, 4) is 0 Å². The minimum Gasteiger partial charge on any atom is -0.351 e. The minimum atomic E-state index is 0.0396. The lowest BCUT2D eigenvalue weighted by molar-refractivity contribution is 0.0956. The average Bonchev–Trinajstić information content (AvgIpc) is 2.96. The molecule has 0 spiro atoms. The third-order valence-electron chi connectivity index (χ3n) is 3.42. The number of rotatable bonds is 5. The lowest BCUT2D eigenvalue weighted by atomic mass is 10.0. The third-order valence-corrected chi connectivity index (χ3v) is 6.67. The van der Waals surface area contributed by atoms with E-state index in [4.69, 9.17) is 0 Å². The Balaban J connectivity index is 1.68. The molecule has 2 nitrogen and oxygen atoms in total. The van der Waals surface area contributed by atoms with Crippen LogP contribution in [0.1, 0.15) is 48.2 Å². The van der Waals surface area contributed by atoms with Gasteiger partial charge in [-0.1, -0.05) is 25.7 Å². The molecule has 1 N–H and O–H groups in total. The Labute approximate surface area is 129 Å². The van der Waals surface area contributed by atoms with Crippen LogP contribution < -0.4 is 5.32 Å². The van der Waals surface area contributed by atoms with E-state index in [9.17, 15) is 4.79 Å². The van der Waals surface area contributed by atoms with Crippen LogP contribution in [0.3, 0.4) is 0 Å². The van der Waals surface area contributed by atoms with Crippen LogP contribution in [0.5, 0.6) is 0 Å². The van der Waals surface area contributed by atoms with Gasteiger partial charge in [-0.05, 0) is 56.7 Å². The molecule has 0 unspecified atom stereocenters. The highest BCUT2D eigenvalue weighted by atomic mass is 79.9. The fraction of sp³-hybridized carbons (Fsp3) is 0.615. The van der Waals surface area contributed by atoms with Crippen LogP contribution in [-0.4, -0.2) is 12.5 Å². The lowest BCUT2D eigenvalue weighted by Crippen LogP contribution is -2.23. The highest BCUT2D eigenvalue weighted by Gasteiger charge is 2.15. The highest BCUT2D eigenvalue weighted by molar-refractivity contribution is 9.13. The summed E-state index contributed by atoms with van der Waals surface area (Å²) in [6, 6.07) is 1.86. The minimum absolute atomic E-state index is 0.0396. The van der Waals surface area contributed by atoms with Gasteiger partial charge in [-0.15, -0.1) is 11.3 Å². The largest absolute Gasteiger partial charge is 0.351 e. The first-order valence-corrected chi connectivity index (χ1v) is 8.80. The molecule has 0 radical (unpaired) electrons. The number of carbonyl (C=O) groups excluding carboxylic acids is 1. The van der Waals surface area contributed by atoms with Crippen molar-refractivity contribution in [1.29, 1.82) is 0 Å². The molecule has 0 aromatic carbocycles. The van der Waals surface area contributed by atoms with E-state index < -0.39 is 0 Å². The Morgan fingerprint density at radius 1 is 1.39 bits per heavy atom. The molecule has 0 aliphatic heterocycles. The molecule has 0 bridgehead atoms.